The average Bonchev–Trinajstić information content (AvgIpc) is 2.11. The second-order valence-corrected chi connectivity index (χ2v) is 5.67. The van der Waals surface area contributed by atoms with E-state index < -0.39 is 0 Å². The summed E-state index contributed by atoms with van der Waals surface area (Å²) in [5.74, 6) is 0. The molecule has 0 spiro atoms. The van der Waals surface area contributed by atoms with Gasteiger partial charge in [-0.05, 0) is 18.3 Å². The number of hydrogen-bond donors (Lipinski definition) is 1. The van der Waals surface area contributed by atoms with E-state index in [1.165, 1.54) is 25.9 Å². The van der Waals surface area contributed by atoms with E-state index in [2.05, 4.69) is 32.6 Å². The number of likely N-dealkylation sites (tertiary alicyclic amines) is 1. The molecule has 0 radical (unpaired) electrons. The minimum Gasteiger partial charge on any atom is -0.396 e. The van der Waals surface area contributed by atoms with Crippen molar-refractivity contribution < 1.29 is 5.11 Å². The van der Waals surface area contributed by atoms with E-state index in [4.69, 9.17) is 0 Å². The highest BCUT2D eigenvalue weighted by Crippen LogP contribution is 2.38. The Kier molecular flexibility index (Phi) is 3.59. The Bertz CT molecular complexity index is 177. The van der Waals surface area contributed by atoms with Crippen LogP contribution in [0.4, 0.5) is 0 Å². The highest BCUT2D eigenvalue weighted by atomic mass is 16.3. The summed E-state index contributed by atoms with van der Waals surface area (Å²) in [4.78, 5) is 2.48. The molecular weight excluding hydrogens is 174 g/mol. The van der Waals surface area contributed by atoms with Gasteiger partial charge in [0.15, 0.2) is 0 Å². The Balaban J connectivity index is 2.34. The van der Waals surface area contributed by atoms with Gasteiger partial charge in [0.1, 0.15) is 0 Å². The molecule has 0 atom stereocenters. The van der Waals surface area contributed by atoms with Crippen molar-refractivity contribution in [3.05, 3.63) is 0 Å². The summed E-state index contributed by atoms with van der Waals surface area (Å²) < 4.78 is 0. The van der Waals surface area contributed by atoms with Crippen LogP contribution in [0, 0.1) is 10.8 Å². The zero-order chi connectivity index (χ0) is 10.8. The Morgan fingerprint density at radius 3 is 2.07 bits per heavy atom. The van der Waals surface area contributed by atoms with Crippen LogP contribution in [0.2, 0.25) is 0 Å². The minimum absolute atomic E-state index is 0.0631. The van der Waals surface area contributed by atoms with Gasteiger partial charge < -0.3 is 10.0 Å². The van der Waals surface area contributed by atoms with Crippen molar-refractivity contribution in [3.8, 4) is 0 Å². The van der Waals surface area contributed by atoms with Gasteiger partial charge >= 0.3 is 0 Å². The molecule has 0 aromatic rings. The molecule has 1 aliphatic heterocycles. The lowest BCUT2D eigenvalue weighted by Crippen LogP contribution is -2.58. The first-order chi connectivity index (χ1) is 6.47. The second-order valence-electron chi connectivity index (χ2n) is 5.67. The number of rotatable bonds is 5. The molecule has 1 N–H and O–H groups in total. The fraction of sp³-hybridized carbons (Fsp3) is 1.00. The first-order valence-electron chi connectivity index (χ1n) is 5.80. The summed E-state index contributed by atoms with van der Waals surface area (Å²) in [5.41, 5.74) is 0.652. The molecule has 2 heteroatoms. The predicted molar refractivity (Wildman–Crippen MR) is 60.3 cm³/mol. The fourth-order valence-corrected chi connectivity index (χ4v) is 2.37. The third-order valence-corrected chi connectivity index (χ3v) is 3.70. The van der Waals surface area contributed by atoms with Crippen LogP contribution in [0.5, 0.6) is 0 Å². The van der Waals surface area contributed by atoms with Gasteiger partial charge in [-0.3, -0.25) is 0 Å². The Morgan fingerprint density at radius 1 is 1.21 bits per heavy atom. The number of nitrogens with zero attached hydrogens (tertiary/aromatic N) is 1. The summed E-state index contributed by atoms with van der Waals surface area (Å²) in [6, 6.07) is 0. The summed E-state index contributed by atoms with van der Waals surface area (Å²) in [5, 5.41) is 9.18. The topological polar surface area (TPSA) is 23.5 Å². The van der Waals surface area contributed by atoms with Crippen molar-refractivity contribution >= 4 is 0 Å². The van der Waals surface area contributed by atoms with Gasteiger partial charge in [0.05, 0.1) is 0 Å². The van der Waals surface area contributed by atoms with Gasteiger partial charge in [-0.1, -0.05) is 27.7 Å². The van der Waals surface area contributed by atoms with Crippen LogP contribution in [0.15, 0.2) is 0 Å². The SMILES string of the molecule is CCC1(CC)CN(CC(C)(C)CO)C1. The average molecular weight is 199 g/mol. The van der Waals surface area contributed by atoms with Crippen molar-refractivity contribution in [1.82, 2.24) is 4.90 Å². The molecule has 84 valence electrons. The minimum atomic E-state index is 0.0631. The summed E-state index contributed by atoms with van der Waals surface area (Å²) >= 11 is 0. The normalized spacial score (nSPS) is 22.1. The molecule has 14 heavy (non-hydrogen) atoms. The fourth-order valence-electron chi connectivity index (χ4n) is 2.37. The molecule has 1 aliphatic rings. The highest BCUT2D eigenvalue weighted by Gasteiger charge is 2.41. The quantitative estimate of drug-likeness (QED) is 0.733. The number of aliphatic hydroxyl groups is 1. The Morgan fingerprint density at radius 2 is 1.71 bits per heavy atom. The van der Waals surface area contributed by atoms with Gasteiger partial charge in [0.25, 0.3) is 0 Å². The maximum atomic E-state index is 9.18. The molecule has 0 aromatic carbocycles. The van der Waals surface area contributed by atoms with Crippen LogP contribution in [0.25, 0.3) is 0 Å². The van der Waals surface area contributed by atoms with E-state index in [1.54, 1.807) is 0 Å². The number of hydrogen-bond acceptors (Lipinski definition) is 2. The van der Waals surface area contributed by atoms with Gasteiger partial charge in [-0.15, -0.1) is 0 Å². The van der Waals surface area contributed by atoms with E-state index in [-0.39, 0.29) is 12.0 Å². The molecular formula is C12H25NO. The van der Waals surface area contributed by atoms with Crippen LogP contribution < -0.4 is 0 Å². The zero-order valence-electron chi connectivity index (χ0n) is 10.1. The molecule has 1 heterocycles. The summed E-state index contributed by atoms with van der Waals surface area (Å²) in [6.45, 7) is 12.6. The predicted octanol–water partition coefficient (Wildman–Crippen LogP) is 2.13. The van der Waals surface area contributed by atoms with E-state index in [9.17, 15) is 5.11 Å². The molecule has 0 aromatic heterocycles. The molecule has 1 fully saturated rings. The van der Waals surface area contributed by atoms with Crippen LogP contribution in [-0.4, -0.2) is 36.2 Å². The molecule has 2 nitrogen and oxygen atoms in total. The van der Waals surface area contributed by atoms with Crippen LogP contribution in [-0.2, 0) is 0 Å². The first kappa shape index (κ1) is 12.0. The smallest absolute Gasteiger partial charge is 0.0494 e. The standard InChI is InChI=1S/C12H25NO/c1-5-12(6-2)8-13(9-12)7-11(3,4)10-14/h14H,5-10H2,1-4H3. The largest absolute Gasteiger partial charge is 0.396 e. The molecule has 0 saturated carbocycles. The van der Waals surface area contributed by atoms with Crippen molar-refractivity contribution in [2.75, 3.05) is 26.2 Å². The van der Waals surface area contributed by atoms with Crippen LogP contribution >= 0.6 is 0 Å². The molecule has 0 bridgehead atoms. The second kappa shape index (κ2) is 4.19. The summed E-state index contributed by atoms with van der Waals surface area (Å²) in [6.07, 6.45) is 2.58. The molecule has 1 saturated heterocycles. The Hall–Kier alpha value is -0.0800. The van der Waals surface area contributed by atoms with Gasteiger partial charge in [0, 0.05) is 31.7 Å². The molecule has 0 aliphatic carbocycles. The van der Waals surface area contributed by atoms with Crippen molar-refractivity contribution in [3.63, 3.8) is 0 Å². The number of aliphatic hydroxyl groups excluding tert-OH is 1. The third-order valence-electron chi connectivity index (χ3n) is 3.70. The molecule has 0 unspecified atom stereocenters. The Labute approximate surface area is 88.3 Å². The van der Waals surface area contributed by atoms with Crippen molar-refractivity contribution in [2.24, 2.45) is 10.8 Å². The lowest BCUT2D eigenvalue weighted by Gasteiger charge is -2.52. The van der Waals surface area contributed by atoms with E-state index in [0.29, 0.717) is 5.41 Å². The van der Waals surface area contributed by atoms with E-state index in [0.717, 1.165) is 6.54 Å². The lowest BCUT2D eigenvalue weighted by molar-refractivity contribution is -0.0371. The van der Waals surface area contributed by atoms with Gasteiger partial charge in [0.2, 0.25) is 0 Å². The third kappa shape index (κ3) is 2.48. The maximum Gasteiger partial charge on any atom is 0.0494 e. The maximum absolute atomic E-state index is 9.18. The van der Waals surface area contributed by atoms with Gasteiger partial charge in [-0.25, -0.2) is 0 Å². The highest BCUT2D eigenvalue weighted by molar-refractivity contribution is 4.94. The van der Waals surface area contributed by atoms with Crippen molar-refractivity contribution in [2.45, 2.75) is 40.5 Å². The van der Waals surface area contributed by atoms with Gasteiger partial charge in [-0.2, -0.15) is 0 Å². The van der Waals surface area contributed by atoms with Crippen LogP contribution in [0.3, 0.4) is 0 Å². The first-order valence-corrected chi connectivity index (χ1v) is 5.80. The van der Waals surface area contributed by atoms with E-state index in [1.807, 2.05) is 0 Å². The molecule has 0 amide bonds. The lowest BCUT2D eigenvalue weighted by atomic mass is 9.74. The van der Waals surface area contributed by atoms with Crippen molar-refractivity contribution in [1.29, 1.82) is 0 Å². The summed E-state index contributed by atoms with van der Waals surface area (Å²) in [7, 11) is 0. The van der Waals surface area contributed by atoms with E-state index >= 15 is 0 Å². The van der Waals surface area contributed by atoms with Crippen LogP contribution in [0.1, 0.15) is 40.5 Å². The zero-order valence-corrected chi connectivity index (χ0v) is 10.1. The molecule has 1 rings (SSSR count). The monoisotopic (exact) mass is 199 g/mol.